The highest BCUT2D eigenvalue weighted by Gasteiger charge is 2.10. The van der Waals surface area contributed by atoms with Gasteiger partial charge in [0.25, 0.3) is 0 Å². The largest absolute Gasteiger partial charge is 0.358 e. The highest BCUT2D eigenvalue weighted by Crippen LogP contribution is 2.12. The molecule has 4 heteroatoms. The van der Waals surface area contributed by atoms with Crippen LogP contribution in [0.4, 0.5) is 0 Å². The summed E-state index contributed by atoms with van der Waals surface area (Å²) < 4.78 is 6.02. The molecule has 0 aliphatic heterocycles. The van der Waals surface area contributed by atoms with E-state index in [1.165, 1.54) is 16.7 Å². The Morgan fingerprint density at radius 1 is 1.04 bits per heavy atom. The molecule has 0 heterocycles. The fourth-order valence-electron chi connectivity index (χ4n) is 2.58. The lowest BCUT2D eigenvalue weighted by Crippen LogP contribution is -2.39. The Bertz CT molecular complexity index is 594. The van der Waals surface area contributed by atoms with Crippen LogP contribution in [0.15, 0.2) is 48.5 Å². The number of rotatable bonds is 9. The Hall–Kier alpha value is -2.17. The number of carbonyl (C=O) groups is 1. The minimum Gasteiger partial charge on any atom is -0.358 e. The highest BCUT2D eigenvalue weighted by molar-refractivity contribution is 5.45. The molecule has 1 amide bonds. The quantitative estimate of drug-likeness (QED) is 0.425. The van der Waals surface area contributed by atoms with E-state index in [-0.39, 0.29) is 6.23 Å². The van der Waals surface area contributed by atoms with Gasteiger partial charge in [0.05, 0.1) is 13.3 Å². The maximum absolute atomic E-state index is 10.4. The Morgan fingerprint density at radius 3 is 2.39 bits per heavy atom. The lowest BCUT2D eigenvalue weighted by Gasteiger charge is -2.20. The van der Waals surface area contributed by atoms with E-state index in [1.807, 2.05) is 18.2 Å². The van der Waals surface area contributed by atoms with E-state index in [4.69, 9.17) is 4.74 Å². The number of amides is 1. The minimum atomic E-state index is -0.161. The molecule has 0 spiro atoms. The molecule has 0 aromatic heterocycles. The molecule has 2 N–H and O–H groups in total. The summed E-state index contributed by atoms with van der Waals surface area (Å²) in [5.41, 5.74) is 4.82. The molecule has 0 aliphatic carbocycles. The molecular formula is C19H24N2O2. The zero-order chi connectivity index (χ0) is 16.5. The van der Waals surface area contributed by atoms with Gasteiger partial charge in [-0.15, -0.1) is 0 Å². The average molecular weight is 312 g/mol. The Balaban J connectivity index is 1.97. The summed E-state index contributed by atoms with van der Waals surface area (Å²) in [6, 6.07) is 16.6. The van der Waals surface area contributed by atoms with Crippen molar-refractivity contribution in [1.82, 2.24) is 10.6 Å². The fourth-order valence-corrected chi connectivity index (χ4v) is 2.58. The molecule has 0 aliphatic rings. The van der Waals surface area contributed by atoms with E-state index in [1.54, 1.807) is 0 Å². The van der Waals surface area contributed by atoms with Gasteiger partial charge < -0.3 is 10.1 Å². The van der Waals surface area contributed by atoms with Gasteiger partial charge in [-0.2, -0.15) is 0 Å². The molecule has 2 aromatic rings. The van der Waals surface area contributed by atoms with Crippen LogP contribution in [0.5, 0.6) is 0 Å². The van der Waals surface area contributed by atoms with Gasteiger partial charge in [-0.05, 0) is 25.0 Å². The van der Waals surface area contributed by atoms with Gasteiger partial charge in [0.15, 0.2) is 0 Å². The van der Waals surface area contributed by atoms with Gasteiger partial charge in [0.2, 0.25) is 6.41 Å². The molecule has 1 unspecified atom stereocenters. The number of carbonyl (C=O) groups excluding carboxylic acids is 1. The molecule has 0 saturated carbocycles. The van der Waals surface area contributed by atoms with Crippen molar-refractivity contribution in [2.75, 3.05) is 6.67 Å². The summed E-state index contributed by atoms with van der Waals surface area (Å²) in [6.07, 6.45) is 1.26. The second kappa shape index (κ2) is 9.08. The SMILES string of the molecule is Cc1cc(C)cc(COC(Cc2ccccc2)NCNC=O)c1. The van der Waals surface area contributed by atoms with E-state index in [9.17, 15) is 4.79 Å². The Morgan fingerprint density at radius 2 is 1.74 bits per heavy atom. The van der Waals surface area contributed by atoms with Crippen LogP contribution in [-0.4, -0.2) is 19.3 Å². The van der Waals surface area contributed by atoms with Gasteiger partial charge in [0, 0.05) is 6.42 Å². The zero-order valence-electron chi connectivity index (χ0n) is 13.7. The third-order valence-electron chi connectivity index (χ3n) is 3.51. The molecule has 2 rings (SSSR count). The molecule has 1 atom stereocenters. The Kier molecular flexibility index (Phi) is 6.78. The molecule has 0 bridgehead atoms. The highest BCUT2D eigenvalue weighted by atomic mass is 16.5. The molecule has 23 heavy (non-hydrogen) atoms. The lowest BCUT2D eigenvalue weighted by atomic mass is 10.1. The number of benzene rings is 2. The van der Waals surface area contributed by atoms with Gasteiger partial charge in [-0.1, -0.05) is 59.7 Å². The third-order valence-corrected chi connectivity index (χ3v) is 3.51. The summed E-state index contributed by atoms with van der Waals surface area (Å²) in [5.74, 6) is 0. The van der Waals surface area contributed by atoms with Crippen molar-refractivity contribution in [3.63, 3.8) is 0 Å². The number of hydrogen-bond acceptors (Lipinski definition) is 3. The van der Waals surface area contributed by atoms with E-state index in [0.717, 1.165) is 12.0 Å². The van der Waals surface area contributed by atoms with Crippen molar-refractivity contribution in [3.8, 4) is 0 Å². The maximum Gasteiger partial charge on any atom is 0.208 e. The minimum absolute atomic E-state index is 0.161. The van der Waals surface area contributed by atoms with Crippen molar-refractivity contribution >= 4 is 6.41 Å². The van der Waals surface area contributed by atoms with E-state index >= 15 is 0 Å². The number of hydrogen-bond donors (Lipinski definition) is 2. The zero-order valence-corrected chi connectivity index (χ0v) is 13.7. The summed E-state index contributed by atoms with van der Waals surface area (Å²) in [4.78, 5) is 10.4. The monoisotopic (exact) mass is 312 g/mol. The van der Waals surface area contributed by atoms with E-state index < -0.39 is 0 Å². The fraction of sp³-hybridized carbons (Fsp3) is 0.316. The van der Waals surface area contributed by atoms with Crippen molar-refractivity contribution in [2.45, 2.75) is 33.1 Å². The van der Waals surface area contributed by atoms with Gasteiger partial charge in [-0.25, -0.2) is 0 Å². The van der Waals surface area contributed by atoms with E-state index in [2.05, 4.69) is 54.8 Å². The van der Waals surface area contributed by atoms with Crippen LogP contribution in [-0.2, 0) is 22.6 Å². The first-order chi connectivity index (χ1) is 11.2. The predicted molar refractivity (Wildman–Crippen MR) is 91.8 cm³/mol. The maximum atomic E-state index is 10.4. The van der Waals surface area contributed by atoms with Crippen molar-refractivity contribution in [1.29, 1.82) is 0 Å². The predicted octanol–water partition coefficient (Wildman–Crippen LogP) is 2.68. The molecule has 4 nitrogen and oxygen atoms in total. The molecule has 122 valence electrons. The van der Waals surface area contributed by atoms with Crippen molar-refractivity contribution < 1.29 is 9.53 Å². The second-order valence-electron chi connectivity index (χ2n) is 5.69. The van der Waals surface area contributed by atoms with Crippen LogP contribution in [0.25, 0.3) is 0 Å². The summed E-state index contributed by atoms with van der Waals surface area (Å²) in [5, 5.41) is 5.81. The molecule has 2 aromatic carbocycles. The summed E-state index contributed by atoms with van der Waals surface area (Å²) in [7, 11) is 0. The molecule has 0 fully saturated rings. The lowest BCUT2D eigenvalue weighted by molar-refractivity contribution is -0.109. The average Bonchev–Trinajstić information content (AvgIpc) is 2.53. The van der Waals surface area contributed by atoms with Crippen LogP contribution in [0.3, 0.4) is 0 Å². The third kappa shape index (κ3) is 6.22. The molecule has 0 radical (unpaired) electrons. The van der Waals surface area contributed by atoms with Gasteiger partial charge in [0.1, 0.15) is 6.23 Å². The first-order valence-electron chi connectivity index (χ1n) is 7.80. The van der Waals surface area contributed by atoms with Crippen LogP contribution in [0.1, 0.15) is 22.3 Å². The number of ether oxygens (including phenoxy) is 1. The van der Waals surface area contributed by atoms with Crippen LogP contribution in [0.2, 0.25) is 0 Å². The molecule has 0 saturated heterocycles. The smallest absolute Gasteiger partial charge is 0.208 e. The summed E-state index contributed by atoms with van der Waals surface area (Å²) in [6.45, 7) is 5.09. The topological polar surface area (TPSA) is 50.4 Å². The van der Waals surface area contributed by atoms with Crippen LogP contribution < -0.4 is 10.6 Å². The number of aryl methyl sites for hydroxylation is 2. The van der Waals surface area contributed by atoms with Gasteiger partial charge in [-0.3, -0.25) is 10.1 Å². The number of nitrogens with one attached hydrogen (secondary N) is 2. The first kappa shape index (κ1) is 17.2. The normalized spacial score (nSPS) is 11.9. The molecular weight excluding hydrogens is 288 g/mol. The standard InChI is InChI=1S/C19H24N2O2/c1-15-8-16(2)10-18(9-15)12-23-19(21-13-20-14-22)11-17-6-4-3-5-7-17/h3-10,14,19,21H,11-13H2,1-2H3,(H,20,22). The second-order valence-corrected chi connectivity index (χ2v) is 5.69. The van der Waals surface area contributed by atoms with E-state index in [0.29, 0.717) is 19.7 Å². The van der Waals surface area contributed by atoms with Gasteiger partial charge >= 0.3 is 0 Å². The van der Waals surface area contributed by atoms with Crippen LogP contribution >= 0.6 is 0 Å². The van der Waals surface area contributed by atoms with Crippen LogP contribution in [0, 0.1) is 13.8 Å². The van der Waals surface area contributed by atoms with Crippen molar-refractivity contribution in [2.24, 2.45) is 0 Å². The first-order valence-corrected chi connectivity index (χ1v) is 7.80. The Labute approximate surface area is 137 Å². The summed E-state index contributed by atoms with van der Waals surface area (Å²) >= 11 is 0. The van der Waals surface area contributed by atoms with Crippen molar-refractivity contribution in [3.05, 3.63) is 70.8 Å².